The second-order valence-corrected chi connectivity index (χ2v) is 5.74. The summed E-state index contributed by atoms with van der Waals surface area (Å²) in [5, 5.41) is 10.1. The number of rotatable bonds is 4. The Hall–Kier alpha value is -1.86. The van der Waals surface area contributed by atoms with Crippen molar-refractivity contribution in [2.45, 2.75) is 18.2 Å². The van der Waals surface area contributed by atoms with E-state index >= 15 is 0 Å². The molecule has 0 saturated heterocycles. The fourth-order valence-electron chi connectivity index (χ4n) is 1.96. The second kappa shape index (κ2) is 6.72. The average molecular weight is 389 g/mol. The number of esters is 1. The van der Waals surface area contributed by atoms with Crippen LogP contribution in [0.4, 0.5) is 13.2 Å². The Bertz CT molecular complexity index is 671. The van der Waals surface area contributed by atoms with E-state index in [2.05, 4.69) is 15.9 Å². The average Bonchev–Trinajstić information content (AvgIpc) is 2.49. The summed E-state index contributed by atoms with van der Waals surface area (Å²) in [7, 11) is 0. The predicted molar refractivity (Wildman–Crippen MR) is 80.8 cm³/mol. The van der Waals surface area contributed by atoms with E-state index in [0.29, 0.717) is 0 Å². The Labute approximate surface area is 138 Å². The lowest BCUT2D eigenvalue weighted by molar-refractivity contribution is -0.268. The first kappa shape index (κ1) is 17.5. The van der Waals surface area contributed by atoms with Crippen LogP contribution in [0.3, 0.4) is 0 Å². The molecule has 1 atom stereocenters. The van der Waals surface area contributed by atoms with Gasteiger partial charge in [-0.3, -0.25) is 4.79 Å². The van der Waals surface area contributed by atoms with Crippen LogP contribution in [0.2, 0.25) is 0 Å². The molecule has 1 N–H and O–H groups in total. The van der Waals surface area contributed by atoms with Crippen molar-refractivity contribution < 1.29 is 27.8 Å². The molecule has 0 saturated carbocycles. The normalized spacial score (nSPS) is 14.1. The van der Waals surface area contributed by atoms with Crippen LogP contribution in [-0.2, 0) is 10.4 Å². The number of hydrogen-bond donors (Lipinski definition) is 1. The third kappa shape index (κ3) is 4.11. The standard InChI is InChI=1S/C16H12BrF3O3/c17-12-6-8-13(9-7-12)23-14(21)10-15(22,16(18,19)20)11-4-2-1-3-5-11/h1-9,22H,10H2. The summed E-state index contributed by atoms with van der Waals surface area (Å²) >= 11 is 3.19. The number of aliphatic hydroxyl groups is 1. The molecule has 0 fully saturated rings. The van der Waals surface area contributed by atoms with Crippen molar-refractivity contribution in [2.24, 2.45) is 0 Å². The lowest BCUT2D eigenvalue weighted by Gasteiger charge is -2.30. The molecular weight excluding hydrogens is 377 g/mol. The molecule has 2 rings (SSSR count). The monoisotopic (exact) mass is 388 g/mol. The van der Waals surface area contributed by atoms with Crippen LogP contribution in [0.25, 0.3) is 0 Å². The molecule has 2 aromatic rings. The van der Waals surface area contributed by atoms with E-state index in [1.807, 2.05) is 0 Å². The molecule has 23 heavy (non-hydrogen) atoms. The summed E-state index contributed by atoms with van der Waals surface area (Å²) < 4.78 is 45.4. The number of hydrogen-bond acceptors (Lipinski definition) is 3. The molecule has 0 bridgehead atoms. The van der Waals surface area contributed by atoms with Gasteiger partial charge in [0.15, 0.2) is 5.60 Å². The number of halogens is 4. The SMILES string of the molecule is O=C(CC(O)(c1ccccc1)C(F)(F)F)Oc1ccc(Br)cc1. The Balaban J connectivity index is 2.21. The number of benzene rings is 2. The maximum absolute atomic E-state index is 13.3. The van der Waals surface area contributed by atoms with Gasteiger partial charge in [0.1, 0.15) is 5.75 Å². The van der Waals surface area contributed by atoms with E-state index < -0.39 is 29.7 Å². The van der Waals surface area contributed by atoms with Crippen molar-refractivity contribution in [3.63, 3.8) is 0 Å². The van der Waals surface area contributed by atoms with Gasteiger partial charge in [-0.05, 0) is 29.8 Å². The third-order valence-corrected chi connectivity index (χ3v) is 3.69. The van der Waals surface area contributed by atoms with Crippen LogP contribution in [0.1, 0.15) is 12.0 Å². The Morgan fingerprint density at radius 3 is 2.13 bits per heavy atom. The van der Waals surface area contributed by atoms with E-state index in [-0.39, 0.29) is 5.75 Å². The molecule has 0 heterocycles. The highest BCUT2D eigenvalue weighted by Gasteiger charge is 2.56. The fraction of sp³-hybridized carbons (Fsp3) is 0.188. The highest BCUT2D eigenvalue weighted by atomic mass is 79.9. The van der Waals surface area contributed by atoms with Gasteiger partial charge in [0, 0.05) is 4.47 Å². The Kier molecular flexibility index (Phi) is 5.11. The zero-order chi connectivity index (χ0) is 17.1. The highest BCUT2D eigenvalue weighted by Crippen LogP contribution is 2.41. The molecule has 0 radical (unpaired) electrons. The van der Waals surface area contributed by atoms with Crippen molar-refractivity contribution in [2.75, 3.05) is 0 Å². The van der Waals surface area contributed by atoms with E-state index in [1.54, 1.807) is 12.1 Å². The molecule has 0 amide bonds. The molecule has 0 aliphatic heterocycles. The minimum Gasteiger partial charge on any atom is -0.426 e. The maximum atomic E-state index is 13.3. The number of carbonyl (C=O) groups is 1. The lowest BCUT2D eigenvalue weighted by Crippen LogP contribution is -2.44. The summed E-state index contributed by atoms with van der Waals surface area (Å²) in [5.41, 5.74) is -3.72. The third-order valence-electron chi connectivity index (χ3n) is 3.17. The van der Waals surface area contributed by atoms with E-state index in [9.17, 15) is 23.1 Å². The van der Waals surface area contributed by atoms with Gasteiger partial charge in [0.2, 0.25) is 0 Å². The molecule has 122 valence electrons. The first-order chi connectivity index (χ1) is 10.7. The molecule has 0 aliphatic carbocycles. The summed E-state index contributed by atoms with van der Waals surface area (Å²) in [6.45, 7) is 0. The summed E-state index contributed by atoms with van der Waals surface area (Å²) in [5.74, 6) is -1.09. The van der Waals surface area contributed by atoms with Gasteiger partial charge in [-0.2, -0.15) is 13.2 Å². The minimum atomic E-state index is -5.02. The van der Waals surface area contributed by atoms with Crippen LogP contribution in [0, 0.1) is 0 Å². The van der Waals surface area contributed by atoms with Crippen LogP contribution in [0.5, 0.6) is 5.75 Å². The van der Waals surface area contributed by atoms with E-state index in [0.717, 1.165) is 16.6 Å². The van der Waals surface area contributed by atoms with Crippen LogP contribution in [0.15, 0.2) is 59.1 Å². The van der Waals surface area contributed by atoms with Gasteiger partial charge in [0.05, 0.1) is 6.42 Å². The van der Waals surface area contributed by atoms with Gasteiger partial charge >= 0.3 is 12.1 Å². The topological polar surface area (TPSA) is 46.5 Å². The molecule has 0 spiro atoms. The van der Waals surface area contributed by atoms with Crippen molar-refractivity contribution in [1.82, 2.24) is 0 Å². The maximum Gasteiger partial charge on any atom is 0.422 e. The molecular formula is C16H12BrF3O3. The molecule has 0 aliphatic rings. The Morgan fingerprint density at radius 2 is 1.61 bits per heavy atom. The number of carbonyl (C=O) groups excluding carboxylic acids is 1. The van der Waals surface area contributed by atoms with E-state index in [1.165, 1.54) is 30.3 Å². The molecule has 3 nitrogen and oxygen atoms in total. The van der Waals surface area contributed by atoms with Gasteiger partial charge in [-0.25, -0.2) is 0 Å². The molecule has 2 aromatic carbocycles. The highest BCUT2D eigenvalue weighted by molar-refractivity contribution is 9.10. The molecule has 1 unspecified atom stereocenters. The van der Waals surface area contributed by atoms with Gasteiger partial charge in [-0.15, -0.1) is 0 Å². The molecule has 7 heteroatoms. The number of alkyl halides is 3. The first-order valence-electron chi connectivity index (χ1n) is 6.53. The van der Waals surface area contributed by atoms with Crippen LogP contribution >= 0.6 is 15.9 Å². The summed E-state index contributed by atoms with van der Waals surface area (Å²) in [6, 6.07) is 12.5. The van der Waals surface area contributed by atoms with Gasteiger partial charge in [0.25, 0.3) is 0 Å². The zero-order valence-electron chi connectivity index (χ0n) is 11.7. The summed E-state index contributed by atoms with van der Waals surface area (Å²) in [4.78, 5) is 11.8. The molecule has 0 aromatic heterocycles. The largest absolute Gasteiger partial charge is 0.426 e. The fourth-order valence-corrected chi connectivity index (χ4v) is 2.22. The van der Waals surface area contributed by atoms with Crippen molar-refractivity contribution in [3.05, 3.63) is 64.6 Å². The quantitative estimate of drug-likeness (QED) is 0.630. The Morgan fingerprint density at radius 1 is 1.04 bits per heavy atom. The van der Waals surface area contributed by atoms with Gasteiger partial charge in [-0.1, -0.05) is 46.3 Å². The van der Waals surface area contributed by atoms with Crippen molar-refractivity contribution >= 4 is 21.9 Å². The van der Waals surface area contributed by atoms with Crippen molar-refractivity contribution in [1.29, 1.82) is 0 Å². The summed E-state index contributed by atoms with van der Waals surface area (Å²) in [6.07, 6.45) is -6.26. The van der Waals surface area contributed by atoms with E-state index in [4.69, 9.17) is 4.74 Å². The smallest absolute Gasteiger partial charge is 0.422 e. The van der Waals surface area contributed by atoms with Crippen LogP contribution < -0.4 is 4.74 Å². The lowest BCUT2D eigenvalue weighted by atomic mass is 9.90. The minimum absolute atomic E-state index is 0.0933. The van der Waals surface area contributed by atoms with Gasteiger partial charge < -0.3 is 9.84 Å². The number of ether oxygens (including phenoxy) is 1. The zero-order valence-corrected chi connectivity index (χ0v) is 13.3. The second-order valence-electron chi connectivity index (χ2n) is 4.83. The first-order valence-corrected chi connectivity index (χ1v) is 7.32. The predicted octanol–water partition coefficient (Wildman–Crippen LogP) is 4.19. The van der Waals surface area contributed by atoms with Crippen LogP contribution in [-0.4, -0.2) is 17.3 Å². The van der Waals surface area contributed by atoms with Crippen molar-refractivity contribution in [3.8, 4) is 5.75 Å².